The summed E-state index contributed by atoms with van der Waals surface area (Å²) in [6, 6.07) is 5.35. The summed E-state index contributed by atoms with van der Waals surface area (Å²) in [4.78, 5) is 10.9. The second-order valence-electron chi connectivity index (χ2n) is 3.49. The fourth-order valence-corrected chi connectivity index (χ4v) is 1.91. The van der Waals surface area contributed by atoms with Gasteiger partial charge in [0.1, 0.15) is 0 Å². The van der Waals surface area contributed by atoms with Gasteiger partial charge >= 0.3 is 5.97 Å². The third-order valence-corrected chi connectivity index (χ3v) is 2.70. The van der Waals surface area contributed by atoms with Crippen molar-refractivity contribution in [3.05, 3.63) is 34.9 Å². The standard InChI is InChI=1S/C12H15ClO2/c1-2-3-5-9-6-4-7-10(12(14)15)11(9)8-13/h4,6-7H,2-3,5,8H2,1H3,(H,14,15). The highest BCUT2D eigenvalue weighted by Crippen LogP contribution is 2.19. The number of unbranched alkanes of at least 4 members (excludes halogenated alkanes) is 1. The lowest BCUT2D eigenvalue weighted by atomic mass is 9.98. The van der Waals surface area contributed by atoms with Crippen molar-refractivity contribution in [2.24, 2.45) is 0 Å². The highest BCUT2D eigenvalue weighted by molar-refractivity contribution is 6.17. The summed E-state index contributed by atoms with van der Waals surface area (Å²) < 4.78 is 0. The van der Waals surface area contributed by atoms with Gasteiger partial charge in [-0.1, -0.05) is 25.5 Å². The summed E-state index contributed by atoms with van der Waals surface area (Å²) in [5.74, 6) is -0.634. The van der Waals surface area contributed by atoms with E-state index in [2.05, 4.69) is 6.92 Å². The third kappa shape index (κ3) is 2.96. The maximum atomic E-state index is 10.9. The number of carboxylic acid groups (broad SMARTS) is 1. The van der Waals surface area contributed by atoms with Crippen LogP contribution >= 0.6 is 11.6 Å². The molecule has 0 aliphatic rings. The molecule has 1 rings (SSSR count). The van der Waals surface area contributed by atoms with E-state index in [0.29, 0.717) is 5.56 Å². The first kappa shape index (κ1) is 12.1. The summed E-state index contributed by atoms with van der Waals surface area (Å²) in [5.41, 5.74) is 2.16. The molecule has 15 heavy (non-hydrogen) atoms. The third-order valence-electron chi connectivity index (χ3n) is 2.44. The molecule has 0 saturated heterocycles. The number of carbonyl (C=O) groups is 1. The molecule has 0 heterocycles. The summed E-state index contributed by atoms with van der Waals surface area (Å²) in [6.45, 7) is 2.11. The van der Waals surface area contributed by atoms with Crippen LogP contribution in [0.25, 0.3) is 0 Å². The lowest BCUT2D eigenvalue weighted by molar-refractivity contribution is 0.0696. The number of halogens is 1. The molecule has 1 aromatic rings. The number of aryl methyl sites for hydroxylation is 1. The van der Waals surface area contributed by atoms with E-state index in [4.69, 9.17) is 16.7 Å². The minimum absolute atomic E-state index is 0.265. The molecule has 82 valence electrons. The molecule has 0 bridgehead atoms. The van der Waals surface area contributed by atoms with Crippen molar-refractivity contribution in [3.8, 4) is 0 Å². The highest BCUT2D eigenvalue weighted by atomic mass is 35.5. The lowest BCUT2D eigenvalue weighted by Crippen LogP contribution is -2.04. The molecule has 0 atom stereocenters. The zero-order valence-electron chi connectivity index (χ0n) is 8.79. The van der Waals surface area contributed by atoms with Gasteiger partial charge in [0.15, 0.2) is 0 Å². The maximum absolute atomic E-state index is 10.9. The molecule has 0 amide bonds. The van der Waals surface area contributed by atoms with Gasteiger partial charge in [0.25, 0.3) is 0 Å². The Hall–Kier alpha value is -1.02. The molecule has 0 radical (unpaired) electrons. The van der Waals surface area contributed by atoms with Crippen molar-refractivity contribution in [1.29, 1.82) is 0 Å². The Bertz CT molecular complexity index is 347. The van der Waals surface area contributed by atoms with Gasteiger partial charge in [0.2, 0.25) is 0 Å². The monoisotopic (exact) mass is 226 g/mol. The molecule has 0 spiro atoms. The Labute approximate surface area is 94.9 Å². The van der Waals surface area contributed by atoms with E-state index in [-0.39, 0.29) is 5.88 Å². The molecule has 1 aromatic carbocycles. The van der Waals surface area contributed by atoms with Crippen molar-refractivity contribution in [2.45, 2.75) is 32.1 Å². The van der Waals surface area contributed by atoms with E-state index >= 15 is 0 Å². The van der Waals surface area contributed by atoms with Crippen LogP contribution in [0.15, 0.2) is 18.2 Å². The number of alkyl halides is 1. The number of hydrogen-bond donors (Lipinski definition) is 1. The SMILES string of the molecule is CCCCc1cccc(C(=O)O)c1CCl. The largest absolute Gasteiger partial charge is 0.478 e. The van der Waals surface area contributed by atoms with Crippen LogP contribution in [0.4, 0.5) is 0 Å². The Morgan fingerprint density at radius 3 is 2.73 bits per heavy atom. The van der Waals surface area contributed by atoms with Gasteiger partial charge in [-0.3, -0.25) is 0 Å². The number of carboxylic acids is 1. The van der Waals surface area contributed by atoms with Crippen LogP contribution in [0.2, 0.25) is 0 Å². The first-order valence-corrected chi connectivity index (χ1v) is 5.64. The average Bonchev–Trinajstić information content (AvgIpc) is 2.25. The van der Waals surface area contributed by atoms with Crippen LogP contribution in [-0.2, 0) is 12.3 Å². The van der Waals surface area contributed by atoms with Crippen LogP contribution < -0.4 is 0 Å². The number of benzene rings is 1. The fraction of sp³-hybridized carbons (Fsp3) is 0.417. The van der Waals surface area contributed by atoms with Crippen LogP contribution in [0, 0.1) is 0 Å². The number of hydrogen-bond acceptors (Lipinski definition) is 1. The smallest absolute Gasteiger partial charge is 0.336 e. The van der Waals surface area contributed by atoms with Gasteiger partial charge in [-0.05, 0) is 30.0 Å². The Morgan fingerprint density at radius 1 is 1.47 bits per heavy atom. The number of aromatic carboxylic acids is 1. The van der Waals surface area contributed by atoms with Gasteiger partial charge < -0.3 is 5.11 Å². The minimum atomic E-state index is -0.899. The van der Waals surface area contributed by atoms with E-state index in [1.54, 1.807) is 12.1 Å². The second kappa shape index (κ2) is 5.76. The molecule has 0 aliphatic carbocycles. The normalized spacial score (nSPS) is 10.3. The van der Waals surface area contributed by atoms with Gasteiger partial charge in [0, 0.05) is 5.88 Å². The fourth-order valence-electron chi connectivity index (χ4n) is 1.59. The molecule has 0 fully saturated rings. The zero-order chi connectivity index (χ0) is 11.3. The predicted molar refractivity (Wildman–Crippen MR) is 61.6 cm³/mol. The van der Waals surface area contributed by atoms with Crippen molar-refractivity contribution < 1.29 is 9.90 Å². The van der Waals surface area contributed by atoms with Crippen molar-refractivity contribution in [3.63, 3.8) is 0 Å². The first-order valence-electron chi connectivity index (χ1n) is 5.10. The summed E-state index contributed by atoms with van der Waals surface area (Å²) >= 11 is 5.80. The zero-order valence-corrected chi connectivity index (χ0v) is 9.55. The van der Waals surface area contributed by atoms with Gasteiger partial charge in [-0.15, -0.1) is 11.6 Å². The van der Waals surface area contributed by atoms with Gasteiger partial charge in [-0.2, -0.15) is 0 Å². The second-order valence-corrected chi connectivity index (χ2v) is 3.75. The van der Waals surface area contributed by atoms with E-state index in [0.717, 1.165) is 30.4 Å². The van der Waals surface area contributed by atoms with Crippen LogP contribution in [-0.4, -0.2) is 11.1 Å². The topological polar surface area (TPSA) is 37.3 Å². The van der Waals surface area contributed by atoms with Crippen molar-refractivity contribution in [1.82, 2.24) is 0 Å². The van der Waals surface area contributed by atoms with Crippen molar-refractivity contribution in [2.75, 3.05) is 0 Å². The summed E-state index contributed by atoms with van der Waals surface area (Å²) in [7, 11) is 0. The molecule has 0 aromatic heterocycles. The molecule has 0 aliphatic heterocycles. The Kier molecular flexibility index (Phi) is 4.63. The Balaban J connectivity index is 3.04. The molecule has 0 unspecified atom stereocenters. The van der Waals surface area contributed by atoms with E-state index < -0.39 is 5.97 Å². The van der Waals surface area contributed by atoms with E-state index in [1.807, 2.05) is 6.07 Å². The molecular formula is C12H15ClO2. The molecular weight excluding hydrogens is 212 g/mol. The quantitative estimate of drug-likeness (QED) is 0.781. The first-order chi connectivity index (χ1) is 7.20. The Morgan fingerprint density at radius 2 is 2.20 bits per heavy atom. The van der Waals surface area contributed by atoms with E-state index in [9.17, 15) is 4.79 Å². The average molecular weight is 227 g/mol. The van der Waals surface area contributed by atoms with Gasteiger partial charge in [0.05, 0.1) is 5.56 Å². The molecule has 1 N–H and O–H groups in total. The van der Waals surface area contributed by atoms with Gasteiger partial charge in [-0.25, -0.2) is 4.79 Å². The molecule has 3 heteroatoms. The van der Waals surface area contributed by atoms with Crippen molar-refractivity contribution >= 4 is 17.6 Å². The van der Waals surface area contributed by atoms with E-state index in [1.165, 1.54) is 0 Å². The van der Waals surface area contributed by atoms with Crippen LogP contribution in [0.1, 0.15) is 41.3 Å². The maximum Gasteiger partial charge on any atom is 0.336 e. The summed E-state index contributed by atoms with van der Waals surface area (Å²) in [6.07, 6.45) is 3.06. The van der Waals surface area contributed by atoms with Crippen LogP contribution in [0.5, 0.6) is 0 Å². The molecule has 0 saturated carbocycles. The van der Waals surface area contributed by atoms with Crippen LogP contribution in [0.3, 0.4) is 0 Å². The summed E-state index contributed by atoms with van der Waals surface area (Å²) in [5, 5.41) is 8.99. The number of rotatable bonds is 5. The molecule has 2 nitrogen and oxygen atoms in total. The highest BCUT2D eigenvalue weighted by Gasteiger charge is 2.12. The minimum Gasteiger partial charge on any atom is -0.478 e. The predicted octanol–water partition coefficient (Wildman–Crippen LogP) is 3.47. The lowest BCUT2D eigenvalue weighted by Gasteiger charge is -2.09.